The molecule has 0 saturated heterocycles. The SMILES string of the molecule is CCc1cc(F)c(-c2cccc(OCc3ccc(C#N)cc3F)n2)cc1F. The van der Waals surface area contributed by atoms with Gasteiger partial charge >= 0.3 is 0 Å². The van der Waals surface area contributed by atoms with Crippen molar-refractivity contribution in [2.24, 2.45) is 0 Å². The van der Waals surface area contributed by atoms with Crippen LogP contribution in [0.5, 0.6) is 5.88 Å². The van der Waals surface area contributed by atoms with Gasteiger partial charge in [-0.1, -0.05) is 19.1 Å². The number of nitrogens with zero attached hydrogens (tertiary/aromatic N) is 2. The number of aromatic nitrogens is 1. The molecule has 0 saturated carbocycles. The third kappa shape index (κ3) is 4.09. The summed E-state index contributed by atoms with van der Waals surface area (Å²) in [5.74, 6) is -1.48. The van der Waals surface area contributed by atoms with E-state index in [0.29, 0.717) is 12.0 Å². The zero-order chi connectivity index (χ0) is 19.4. The molecular formula is C21H15F3N2O. The van der Waals surface area contributed by atoms with Crippen molar-refractivity contribution in [1.29, 1.82) is 5.26 Å². The minimum atomic E-state index is -0.573. The molecule has 2 aromatic carbocycles. The van der Waals surface area contributed by atoms with Crippen LogP contribution in [0.4, 0.5) is 13.2 Å². The molecule has 3 rings (SSSR count). The number of aryl methyl sites for hydroxylation is 1. The van der Waals surface area contributed by atoms with Gasteiger partial charge in [0.1, 0.15) is 24.1 Å². The number of pyridine rings is 1. The van der Waals surface area contributed by atoms with Crippen molar-refractivity contribution >= 4 is 0 Å². The molecule has 3 aromatic rings. The van der Waals surface area contributed by atoms with E-state index in [4.69, 9.17) is 10.00 Å². The third-order valence-electron chi connectivity index (χ3n) is 4.07. The van der Waals surface area contributed by atoms with Crippen LogP contribution < -0.4 is 4.74 Å². The highest BCUT2D eigenvalue weighted by atomic mass is 19.1. The summed E-state index contributed by atoms with van der Waals surface area (Å²) in [6.07, 6.45) is 0.385. The van der Waals surface area contributed by atoms with Gasteiger partial charge in [-0.15, -0.1) is 0 Å². The molecule has 0 bridgehead atoms. The summed E-state index contributed by atoms with van der Waals surface area (Å²) in [7, 11) is 0. The number of halogens is 3. The Morgan fingerprint density at radius 1 is 0.963 bits per heavy atom. The molecule has 6 heteroatoms. The Morgan fingerprint density at radius 2 is 1.74 bits per heavy atom. The van der Waals surface area contributed by atoms with Gasteiger partial charge < -0.3 is 4.74 Å². The van der Waals surface area contributed by atoms with Crippen molar-refractivity contribution in [3.63, 3.8) is 0 Å². The zero-order valence-electron chi connectivity index (χ0n) is 14.5. The molecule has 27 heavy (non-hydrogen) atoms. The Morgan fingerprint density at radius 3 is 2.44 bits per heavy atom. The zero-order valence-corrected chi connectivity index (χ0v) is 14.5. The van der Waals surface area contributed by atoms with E-state index in [2.05, 4.69) is 4.98 Å². The summed E-state index contributed by atoms with van der Waals surface area (Å²) in [5, 5.41) is 8.76. The molecule has 0 aliphatic heterocycles. The average Bonchev–Trinajstić information content (AvgIpc) is 2.68. The van der Waals surface area contributed by atoms with Crippen LogP contribution in [-0.2, 0) is 13.0 Å². The summed E-state index contributed by atoms with van der Waals surface area (Å²) in [5.41, 5.74) is 1.00. The van der Waals surface area contributed by atoms with Gasteiger partial charge in [-0.3, -0.25) is 0 Å². The van der Waals surface area contributed by atoms with Crippen LogP contribution in [-0.4, -0.2) is 4.98 Å². The first-order valence-electron chi connectivity index (χ1n) is 8.28. The Labute approximate surface area is 154 Å². The maximum Gasteiger partial charge on any atom is 0.214 e. The smallest absolute Gasteiger partial charge is 0.214 e. The van der Waals surface area contributed by atoms with E-state index in [9.17, 15) is 13.2 Å². The Hall–Kier alpha value is -3.33. The summed E-state index contributed by atoms with van der Waals surface area (Å²) in [4.78, 5) is 4.18. The molecule has 0 aliphatic carbocycles. The van der Waals surface area contributed by atoms with Crippen LogP contribution in [0, 0.1) is 28.8 Å². The van der Waals surface area contributed by atoms with Crippen LogP contribution in [0.25, 0.3) is 11.3 Å². The molecule has 0 atom stereocenters. The Kier molecular flexibility index (Phi) is 5.41. The van der Waals surface area contributed by atoms with Gasteiger partial charge in [0.05, 0.1) is 17.3 Å². The minimum Gasteiger partial charge on any atom is -0.473 e. The molecule has 0 fully saturated rings. The van der Waals surface area contributed by atoms with Crippen molar-refractivity contribution in [2.45, 2.75) is 20.0 Å². The maximum absolute atomic E-state index is 14.3. The largest absolute Gasteiger partial charge is 0.473 e. The Bertz CT molecular complexity index is 1030. The second-order valence-corrected chi connectivity index (χ2v) is 5.84. The standard InChI is InChI=1S/C21H15F3N2O/c1-2-14-9-19(24)16(10-18(14)23)20-4-3-5-21(26-20)27-12-15-7-6-13(11-25)8-17(15)22/h3-10H,2,12H2,1H3. The van der Waals surface area contributed by atoms with Crippen LogP contribution in [0.1, 0.15) is 23.6 Å². The average molecular weight is 368 g/mol. The lowest BCUT2D eigenvalue weighted by Crippen LogP contribution is -2.01. The van der Waals surface area contributed by atoms with Crippen molar-refractivity contribution < 1.29 is 17.9 Å². The van der Waals surface area contributed by atoms with E-state index >= 15 is 0 Å². The summed E-state index contributed by atoms with van der Waals surface area (Å²) < 4.78 is 47.7. The lowest BCUT2D eigenvalue weighted by Gasteiger charge is -2.10. The predicted molar refractivity (Wildman–Crippen MR) is 94.4 cm³/mol. The van der Waals surface area contributed by atoms with Crippen molar-refractivity contribution in [3.8, 4) is 23.2 Å². The molecule has 3 nitrogen and oxygen atoms in total. The molecule has 0 radical (unpaired) electrons. The van der Waals surface area contributed by atoms with Gasteiger partial charge in [0.15, 0.2) is 0 Å². The second kappa shape index (κ2) is 7.92. The first-order chi connectivity index (χ1) is 13.0. The molecule has 0 unspecified atom stereocenters. The number of ether oxygens (including phenoxy) is 1. The fourth-order valence-corrected chi connectivity index (χ4v) is 2.59. The van der Waals surface area contributed by atoms with Crippen LogP contribution in [0.2, 0.25) is 0 Å². The lowest BCUT2D eigenvalue weighted by atomic mass is 10.1. The molecule has 136 valence electrons. The Balaban J connectivity index is 1.82. The van der Waals surface area contributed by atoms with Gasteiger partial charge in [-0.2, -0.15) is 5.26 Å². The number of rotatable bonds is 5. The van der Waals surface area contributed by atoms with Gasteiger partial charge in [-0.25, -0.2) is 18.2 Å². The molecule has 1 aromatic heterocycles. The number of hydrogen-bond acceptors (Lipinski definition) is 3. The van der Waals surface area contributed by atoms with E-state index in [1.165, 1.54) is 12.1 Å². The highest BCUT2D eigenvalue weighted by molar-refractivity contribution is 5.61. The van der Waals surface area contributed by atoms with E-state index < -0.39 is 17.5 Å². The lowest BCUT2D eigenvalue weighted by molar-refractivity contribution is 0.288. The van der Waals surface area contributed by atoms with Crippen molar-refractivity contribution in [2.75, 3.05) is 0 Å². The molecule has 1 heterocycles. The maximum atomic E-state index is 14.3. The fourth-order valence-electron chi connectivity index (χ4n) is 2.59. The van der Waals surface area contributed by atoms with E-state index in [1.807, 2.05) is 6.07 Å². The molecule has 0 N–H and O–H groups in total. The third-order valence-corrected chi connectivity index (χ3v) is 4.07. The molecule has 0 amide bonds. The van der Waals surface area contributed by atoms with Crippen molar-refractivity contribution in [1.82, 2.24) is 4.98 Å². The van der Waals surface area contributed by atoms with Gasteiger partial charge in [0, 0.05) is 17.2 Å². The highest BCUT2D eigenvalue weighted by Gasteiger charge is 2.13. The van der Waals surface area contributed by atoms with Gasteiger partial charge in [0.2, 0.25) is 5.88 Å². The van der Waals surface area contributed by atoms with E-state index in [0.717, 1.165) is 18.2 Å². The van der Waals surface area contributed by atoms with Crippen LogP contribution in [0.15, 0.2) is 48.5 Å². The summed E-state index contributed by atoms with van der Waals surface area (Å²) in [6.45, 7) is 1.63. The van der Waals surface area contributed by atoms with E-state index in [1.54, 1.807) is 25.1 Å². The summed E-state index contributed by atoms with van der Waals surface area (Å²) in [6, 6.07) is 12.9. The molecule has 0 aliphatic rings. The molecular weight excluding hydrogens is 353 g/mol. The van der Waals surface area contributed by atoms with Crippen LogP contribution >= 0.6 is 0 Å². The topological polar surface area (TPSA) is 45.9 Å². The normalized spacial score (nSPS) is 10.5. The number of benzene rings is 2. The highest BCUT2D eigenvalue weighted by Crippen LogP contribution is 2.26. The monoisotopic (exact) mass is 368 g/mol. The molecule has 0 spiro atoms. The van der Waals surface area contributed by atoms with Gasteiger partial charge in [-0.05, 0) is 42.3 Å². The van der Waals surface area contributed by atoms with Crippen LogP contribution in [0.3, 0.4) is 0 Å². The first kappa shape index (κ1) is 18.5. The predicted octanol–water partition coefficient (Wildman–Crippen LogP) is 5.18. The summed E-state index contributed by atoms with van der Waals surface area (Å²) >= 11 is 0. The quantitative estimate of drug-likeness (QED) is 0.623. The fraction of sp³-hybridized carbons (Fsp3) is 0.143. The minimum absolute atomic E-state index is 0.0275. The number of nitriles is 1. The van der Waals surface area contributed by atoms with Crippen molar-refractivity contribution in [3.05, 3.63) is 82.7 Å². The second-order valence-electron chi connectivity index (χ2n) is 5.84. The number of hydrogen-bond donors (Lipinski definition) is 0. The van der Waals surface area contributed by atoms with E-state index in [-0.39, 0.29) is 34.9 Å². The first-order valence-corrected chi connectivity index (χ1v) is 8.28. The van der Waals surface area contributed by atoms with Gasteiger partial charge in [0.25, 0.3) is 0 Å².